The van der Waals surface area contributed by atoms with Crippen LogP contribution in [0.5, 0.6) is 0 Å². The number of aromatic nitrogens is 2. The molecule has 0 spiro atoms. The zero-order valence-corrected chi connectivity index (χ0v) is 16.3. The second kappa shape index (κ2) is 7.84. The Morgan fingerprint density at radius 2 is 1.87 bits per heavy atom. The molecule has 0 saturated carbocycles. The second-order valence-electron chi connectivity index (χ2n) is 6.21. The Labute approximate surface area is 175 Å². The predicted octanol–water partition coefficient (Wildman–Crippen LogP) is 5.15. The summed E-state index contributed by atoms with van der Waals surface area (Å²) in [6, 6.07) is 11.5. The van der Waals surface area contributed by atoms with Gasteiger partial charge in [-0.1, -0.05) is 23.7 Å². The summed E-state index contributed by atoms with van der Waals surface area (Å²) in [5.41, 5.74) is 1.95. The number of carbonyl (C=O) groups excluding carboxylic acids is 1. The molecule has 1 N–H and O–H groups in total. The number of hydrogen-bond donors (Lipinski definition) is 1. The van der Waals surface area contributed by atoms with Crippen molar-refractivity contribution in [3.8, 4) is 11.1 Å². The van der Waals surface area contributed by atoms with Gasteiger partial charge in [0, 0.05) is 29.4 Å². The normalized spacial score (nSPS) is 10.7. The summed E-state index contributed by atoms with van der Waals surface area (Å²) in [7, 11) is 1.19. The minimum atomic E-state index is -1.29. The highest BCUT2D eigenvalue weighted by molar-refractivity contribution is 6.34. The van der Waals surface area contributed by atoms with Gasteiger partial charge in [-0.3, -0.25) is 0 Å². The number of carboxylic acids is 1. The van der Waals surface area contributed by atoms with E-state index in [2.05, 4.69) is 9.97 Å². The van der Waals surface area contributed by atoms with Crippen LogP contribution in [-0.2, 0) is 4.74 Å². The van der Waals surface area contributed by atoms with Crippen LogP contribution in [0.1, 0.15) is 10.4 Å². The zero-order valence-electron chi connectivity index (χ0n) is 15.6. The number of anilines is 2. The standard InChI is InChI=1S/C21H14ClN3O5/c1-29-21(28)25(16-4-2-3-15(22)19(16)20(26)27)18-8-13-7-12(5-6-17(13)30-18)14-9-23-11-24-10-14/h2-11H,1H3,(H,26,27). The number of furan rings is 1. The van der Waals surface area contributed by atoms with Gasteiger partial charge in [-0.25, -0.2) is 24.5 Å². The average Bonchev–Trinajstić information content (AvgIpc) is 3.16. The van der Waals surface area contributed by atoms with Crippen LogP contribution in [0.15, 0.2) is 65.6 Å². The smallest absolute Gasteiger partial charge is 0.421 e. The summed E-state index contributed by atoms with van der Waals surface area (Å²) in [6.07, 6.45) is 3.98. The van der Waals surface area contributed by atoms with Gasteiger partial charge >= 0.3 is 12.1 Å². The van der Waals surface area contributed by atoms with Crippen LogP contribution in [0, 0.1) is 0 Å². The molecule has 0 bridgehead atoms. The number of amides is 1. The van der Waals surface area contributed by atoms with Crippen molar-refractivity contribution < 1.29 is 23.8 Å². The van der Waals surface area contributed by atoms with Crippen LogP contribution in [0.25, 0.3) is 22.1 Å². The molecule has 0 aliphatic rings. The summed E-state index contributed by atoms with van der Waals surface area (Å²) in [6.45, 7) is 0. The maximum atomic E-state index is 12.6. The number of halogens is 1. The lowest BCUT2D eigenvalue weighted by Crippen LogP contribution is -2.27. The Bertz CT molecular complexity index is 1260. The number of benzene rings is 2. The van der Waals surface area contributed by atoms with Gasteiger partial charge in [0.2, 0.25) is 5.88 Å². The van der Waals surface area contributed by atoms with E-state index < -0.39 is 12.1 Å². The zero-order chi connectivity index (χ0) is 21.3. The van der Waals surface area contributed by atoms with Crippen LogP contribution in [0.3, 0.4) is 0 Å². The Kier molecular flexibility index (Phi) is 5.07. The molecule has 0 radical (unpaired) electrons. The molecule has 150 valence electrons. The number of nitrogens with zero attached hydrogens (tertiary/aromatic N) is 3. The van der Waals surface area contributed by atoms with E-state index in [1.165, 1.54) is 31.6 Å². The molecule has 8 nitrogen and oxygen atoms in total. The molecule has 9 heteroatoms. The fourth-order valence-electron chi connectivity index (χ4n) is 3.08. The molecule has 1 amide bonds. The molecule has 4 aromatic rings. The quantitative estimate of drug-likeness (QED) is 0.484. The van der Waals surface area contributed by atoms with Gasteiger partial charge in [0.1, 0.15) is 17.5 Å². The van der Waals surface area contributed by atoms with Crippen molar-refractivity contribution in [1.82, 2.24) is 9.97 Å². The summed E-state index contributed by atoms with van der Waals surface area (Å²) < 4.78 is 10.7. The molecular weight excluding hydrogens is 410 g/mol. The molecule has 2 aromatic carbocycles. The number of methoxy groups -OCH3 is 1. The second-order valence-corrected chi connectivity index (χ2v) is 6.62. The van der Waals surface area contributed by atoms with Gasteiger partial charge in [0.15, 0.2) is 0 Å². The van der Waals surface area contributed by atoms with Gasteiger partial charge in [0.05, 0.1) is 17.8 Å². The molecule has 0 aliphatic carbocycles. The molecule has 2 heterocycles. The Morgan fingerprint density at radius 3 is 2.57 bits per heavy atom. The monoisotopic (exact) mass is 423 g/mol. The highest BCUT2D eigenvalue weighted by atomic mass is 35.5. The lowest BCUT2D eigenvalue weighted by atomic mass is 10.1. The third-order valence-corrected chi connectivity index (χ3v) is 4.74. The first kappa shape index (κ1) is 19.4. The fraction of sp³-hybridized carbons (Fsp3) is 0.0476. The van der Waals surface area contributed by atoms with E-state index in [4.69, 9.17) is 20.8 Å². The molecule has 0 fully saturated rings. The van der Waals surface area contributed by atoms with Crippen molar-refractivity contribution in [2.45, 2.75) is 0 Å². The molecule has 0 saturated heterocycles. The Hall–Kier alpha value is -3.91. The van der Waals surface area contributed by atoms with E-state index >= 15 is 0 Å². The van der Waals surface area contributed by atoms with Gasteiger partial charge in [-0.2, -0.15) is 0 Å². The van der Waals surface area contributed by atoms with Crippen LogP contribution >= 0.6 is 11.6 Å². The summed E-state index contributed by atoms with van der Waals surface area (Å²) in [5, 5.41) is 10.3. The van der Waals surface area contributed by atoms with Crippen LogP contribution in [-0.4, -0.2) is 34.2 Å². The highest BCUT2D eigenvalue weighted by Crippen LogP contribution is 2.37. The van der Waals surface area contributed by atoms with E-state index in [1.54, 1.807) is 24.5 Å². The first-order valence-electron chi connectivity index (χ1n) is 8.68. The first-order valence-corrected chi connectivity index (χ1v) is 9.06. The van der Waals surface area contributed by atoms with E-state index in [1.807, 2.05) is 12.1 Å². The summed E-state index contributed by atoms with van der Waals surface area (Å²) in [4.78, 5) is 33.4. The Balaban J connectivity index is 1.86. The minimum absolute atomic E-state index is 0.0172. The highest BCUT2D eigenvalue weighted by Gasteiger charge is 2.28. The van der Waals surface area contributed by atoms with Gasteiger partial charge in [-0.05, 0) is 29.8 Å². The third kappa shape index (κ3) is 3.44. The molecule has 4 rings (SSSR count). The number of aromatic carboxylic acids is 1. The SMILES string of the molecule is COC(=O)N(c1cc2cc(-c3cncnc3)ccc2o1)c1cccc(Cl)c1C(=O)O. The molecule has 30 heavy (non-hydrogen) atoms. The number of rotatable bonds is 4. The lowest BCUT2D eigenvalue weighted by Gasteiger charge is -2.20. The topological polar surface area (TPSA) is 106 Å². The maximum Gasteiger partial charge on any atom is 0.421 e. The molecular formula is C21H14ClN3O5. The Morgan fingerprint density at radius 1 is 1.10 bits per heavy atom. The van der Waals surface area contributed by atoms with E-state index in [0.29, 0.717) is 11.0 Å². The lowest BCUT2D eigenvalue weighted by molar-refractivity contribution is 0.0698. The van der Waals surface area contributed by atoms with Crippen molar-refractivity contribution in [3.05, 3.63) is 71.8 Å². The van der Waals surface area contributed by atoms with E-state index in [9.17, 15) is 14.7 Å². The van der Waals surface area contributed by atoms with Gasteiger partial charge in [0.25, 0.3) is 0 Å². The number of ether oxygens (including phenoxy) is 1. The van der Waals surface area contributed by atoms with Crippen molar-refractivity contribution in [2.24, 2.45) is 0 Å². The first-order chi connectivity index (χ1) is 14.5. The fourth-order valence-corrected chi connectivity index (χ4v) is 3.33. The van der Waals surface area contributed by atoms with Crippen molar-refractivity contribution in [2.75, 3.05) is 12.0 Å². The predicted molar refractivity (Wildman–Crippen MR) is 110 cm³/mol. The van der Waals surface area contributed by atoms with E-state index in [0.717, 1.165) is 16.0 Å². The van der Waals surface area contributed by atoms with Crippen LogP contribution in [0.2, 0.25) is 5.02 Å². The summed E-state index contributed by atoms with van der Waals surface area (Å²) in [5.74, 6) is -1.20. The molecule has 2 aromatic heterocycles. The van der Waals surface area contributed by atoms with Crippen molar-refractivity contribution >= 4 is 46.2 Å². The molecule has 0 unspecified atom stereocenters. The van der Waals surface area contributed by atoms with Crippen molar-refractivity contribution in [1.29, 1.82) is 0 Å². The average molecular weight is 424 g/mol. The molecule has 0 aliphatic heterocycles. The number of hydrogen-bond acceptors (Lipinski definition) is 6. The van der Waals surface area contributed by atoms with Crippen LogP contribution in [0.4, 0.5) is 16.4 Å². The van der Waals surface area contributed by atoms with E-state index in [-0.39, 0.29) is 22.2 Å². The number of fused-ring (bicyclic) bond motifs is 1. The van der Waals surface area contributed by atoms with Gasteiger partial charge < -0.3 is 14.3 Å². The number of carbonyl (C=O) groups is 2. The van der Waals surface area contributed by atoms with Gasteiger partial charge in [-0.15, -0.1) is 0 Å². The maximum absolute atomic E-state index is 12.6. The van der Waals surface area contributed by atoms with Crippen molar-refractivity contribution in [3.63, 3.8) is 0 Å². The summed E-state index contributed by atoms with van der Waals surface area (Å²) >= 11 is 6.07. The number of carboxylic acid groups (broad SMARTS) is 1. The minimum Gasteiger partial charge on any atom is -0.478 e. The molecule has 0 atom stereocenters. The van der Waals surface area contributed by atoms with Crippen LogP contribution < -0.4 is 4.90 Å². The third-order valence-electron chi connectivity index (χ3n) is 4.42. The largest absolute Gasteiger partial charge is 0.478 e.